The van der Waals surface area contributed by atoms with Crippen LogP contribution in [0.25, 0.3) is 0 Å². The molecule has 0 bridgehead atoms. The van der Waals surface area contributed by atoms with Gasteiger partial charge in [-0.1, -0.05) is 19.8 Å². The van der Waals surface area contributed by atoms with E-state index >= 15 is 0 Å². The molecule has 106 valence electrons. The summed E-state index contributed by atoms with van der Waals surface area (Å²) in [5.74, 6) is 7.31. The van der Waals surface area contributed by atoms with Gasteiger partial charge in [0.15, 0.2) is 0 Å². The molecule has 1 aromatic rings. The normalized spacial score (nSPS) is 25.1. The molecule has 2 rings (SSSR count). The third kappa shape index (κ3) is 3.25. The molecular formula is C15H23FN2O. The number of ether oxygens (including phenoxy) is 1. The first-order chi connectivity index (χ1) is 9.15. The zero-order valence-electron chi connectivity index (χ0n) is 11.7. The molecule has 0 saturated heterocycles. The van der Waals surface area contributed by atoms with Crippen molar-refractivity contribution in [2.75, 3.05) is 7.11 Å². The molecule has 1 fully saturated rings. The average Bonchev–Trinajstić information content (AvgIpc) is 2.40. The Balaban J connectivity index is 2.27. The molecule has 3 nitrogen and oxygen atoms in total. The molecule has 0 radical (unpaired) electrons. The predicted octanol–water partition coefficient (Wildman–Crippen LogP) is 3.17. The van der Waals surface area contributed by atoms with Crippen molar-refractivity contribution in [1.82, 2.24) is 5.43 Å². The van der Waals surface area contributed by atoms with Gasteiger partial charge in [-0.25, -0.2) is 4.39 Å². The molecule has 1 aromatic carbocycles. The van der Waals surface area contributed by atoms with Gasteiger partial charge in [0.1, 0.15) is 11.6 Å². The molecule has 1 saturated carbocycles. The molecule has 0 aliphatic heterocycles. The van der Waals surface area contributed by atoms with Crippen LogP contribution in [0.1, 0.15) is 44.2 Å². The lowest BCUT2D eigenvalue weighted by molar-refractivity contribution is 0.221. The Morgan fingerprint density at radius 1 is 1.42 bits per heavy atom. The van der Waals surface area contributed by atoms with E-state index in [0.29, 0.717) is 17.6 Å². The lowest BCUT2D eigenvalue weighted by atomic mass is 9.77. The summed E-state index contributed by atoms with van der Waals surface area (Å²) in [6, 6.07) is 4.57. The van der Waals surface area contributed by atoms with E-state index in [-0.39, 0.29) is 11.9 Å². The maximum Gasteiger partial charge on any atom is 0.123 e. The Bertz CT molecular complexity index is 425. The van der Waals surface area contributed by atoms with Crippen molar-refractivity contribution < 1.29 is 9.13 Å². The van der Waals surface area contributed by atoms with Gasteiger partial charge >= 0.3 is 0 Å². The van der Waals surface area contributed by atoms with Crippen molar-refractivity contribution in [3.63, 3.8) is 0 Å². The maximum atomic E-state index is 13.5. The van der Waals surface area contributed by atoms with E-state index in [9.17, 15) is 4.39 Å². The fourth-order valence-corrected chi connectivity index (χ4v) is 3.21. The van der Waals surface area contributed by atoms with Gasteiger partial charge in [-0.15, -0.1) is 0 Å². The van der Waals surface area contributed by atoms with Crippen LogP contribution in [0.5, 0.6) is 5.75 Å². The summed E-state index contributed by atoms with van der Waals surface area (Å²) in [4.78, 5) is 0. The Morgan fingerprint density at radius 3 is 2.84 bits per heavy atom. The van der Waals surface area contributed by atoms with Crippen molar-refractivity contribution in [2.45, 2.75) is 38.6 Å². The Hall–Kier alpha value is -1.13. The number of nitrogens with one attached hydrogen (secondary N) is 1. The summed E-state index contributed by atoms with van der Waals surface area (Å²) in [5.41, 5.74) is 3.69. The standard InChI is InChI=1S/C15H23FN2O/c1-10-4-3-5-11(8-10)15(18-17)13-9-12(16)6-7-14(13)19-2/h6-7,9-11,15,18H,3-5,8,17H2,1-2H3. The molecule has 0 amide bonds. The van der Waals surface area contributed by atoms with Crippen LogP contribution in [0.4, 0.5) is 4.39 Å². The highest BCUT2D eigenvalue weighted by Crippen LogP contribution is 2.39. The molecule has 0 spiro atoms. The summed E-state index contributed by atoms with van der Waals surface area (Å²) in [5, 5.41) is 0. The van der Waals surface area contributed by atoms with Gasteiger partial charge in [-0.3, -0.25) is 11.3 Å². The number of rotatable bonds is 4. The second kappa shape index (κ2) is 6.35. The Morgan fingerprint density at radius 2 is 2.21 bits per heavy atom. The van der Waals surface area contributed by atoms with E-state index in [1.54, 1.807) is 13.2 Å². The number of methoxy groups -OCH3 is 1. The second-order valence-corrected chi connectivity index (χ2v) is 5.56. The quantitative estimate of drug-likeness (QED) is 0.650. The first-order valence-electron chi connectivity index (χ1n) is 6.95. The number of hydrogen-bond donors (Lipinski definition) is 2. The van der Waals surface area contributed by atoms with Crippen LogP contribution in [0.3, 0.4) is 0 Å². The van der Waals surface area contributed by atoms with Gasteiger partial charge < -0.3 is 4.74 Å². The van der Waals surface area contributed by atoms with E-state index in [2.05, 4.69) is 12.3 Å². The number of benzene rings is 1. The van der Waals surface area contributed by atoms with Crippen LogP contribution in [0.2, 0.25) is 0 Å². The van der Waals surface area contributed by atoms with Crippen molar-refractivity contribution in [1.29, 1.82) is 0 Å². The van der Waals surface area contributed by atoms with E-state index < -0.39 is 0 Å². The maximum absolute atomic E-state index is 13.5. The molecule has 0 heterocycles. The minimum absolute atomic E-state index is 0.0478. The van der Waals surface area contributed by atoms with E-state index in [1.165, 1.54) is 25.0 Å². The van der Waals surface area contributed by atoms with Gasteiger partial charge in [0.05, 0.1) is 13.2 Å². The summed E-state index contributed by atoms with van der Waals surface area (Å²) >= 11 is 0. The largest absolute Gasteiger partial charge is 0.496 e. The molecule has 3 N–H and O–H groups in total. The highest BCUT2D eigenvalue weighted by atomic mass is 19.1. The predicted molar refractivity (Wildman–Crippen MR) is 74.1 cm³/mol. The van der Waals surface area contributed by atoms with Crippen molar-refractivity contribution in [2.24, 2.45) is 17.7 Å². The van der Waals surface area contributed by atoms with Crippen LogP contribution < -0.4 is 16.0 Å². The van der Waals surface area contributed by atoms with Crippen LogP contribution in [-0.4, -0.2) is 7.11 Å². The summed E-state index contributed by atoms with van der Waals surface area (Å²) in [6.45, 7) is 2.27. The molecule has 4 heteroatoms. The molecular weight excluding hydrogens is 243 g/mol. The monoisotopic (exact) mass is 266 g/mol. The number of halogens is 1. The fourth-order valence-electron chi connectivity index (χ4n) is 3.21. The topological polar surface area (TPSA) is 47.3 Å². The smallest absolute Gasteiger partial charge is 0.123 e. The van der Waals surface area contributed by atoms with Crippen LogP contribution in [0, 0.1) is 17.7 Å². The number of hydrogen-bond acceptors (Lipinski definition) is 3. The minimum atomic E-state index is -0.250. The Kier molecular flexibility index (Phi) is 4.77. The molecule has 3 unspecified atom stereocenters. The van der Waals surface area contributed by atoms with E-state index in [0.717, 1.165) is 18.4 Å². The molecule has 1 aliphatic carbocycles. The highest BCUT2D eigenvalue weighted by molar-refractivity contribution is 5.37. The van der Waals surface area contributed by atoms with Crippen LogP contribution >= 0.6 is 0 Å². The van der Waals surface area contributed by atoms with Gasteiger partial charge in [0.25, 0.3) is 0 Å². The Labute approximate surface area is 114 Å². The van der Waals surface area contributed by atoms with Gasteiger partial charge in [-0.2, -0.15) is 0 Å². The van der Waals surface area contributed by atoms with Gasteiger partial charge in [0, 0.05) is 5.56 Å². The molecule has 19 heavy (non-hydrogen) atoms. The summed E-state index contributed by atoms with van der Waals surface area (Å²) < 4.78 is 18.8. The lowest BCUT2D eigenvalue weighted by Crippen LogP contribution is -2.35. The number of hydrazine groups is 1. The van der Waals surface area contributed by atoms with Gasteiger partial charge in [0.2, 0.25) is 0 Å². The van der Waals surface area contributed by atoms with Crippen molar-refractivity contribution in [3.8, 4) is 5.75 Å². The van der Waals surface area contributed by atoms with E-state index in [1.807, 2.05) is 0 Å². The molecule has 1 aliphatic rings. The lowest BCUT2D eigenvalue weighted by Gasteiger charge is -2.33. The average molecular weight is 266 g/mol. The number of nitrogens with two attached hydrogens (primary N) is 1. The molecule has 0 aromatic heterocycles. The zero-order chi connectivity index (χ0) is 13.8. The minimum Gasteiger partial charge on any atom is -0.496 e. The third-order valence-corrected chi connectivity index (χ3v) is 4.15. The highest BCUT2D eigenvalue weighted by Gasteiger charge is 2.29. The first kappa shape index (κ1) is 14.3. The van der Waals surface area contributed by atoms with Gasteiger partial charge in [-0.05, 0) is 42.9 Å². The van der Waals surface area contributed by atoms with Crippen molar-refractivity contribution in [3.05, 3.63) is 29.6 Å². The summed E-state index contributed by atoms with van der Waals surface area (Å²) in [6.07, 6.45) is 4.73. The van der Waals surface area contributed by atoms with E-state index in [4.69, 9.17) is 10.6 Å². The van der Waals surface area contributed by atoms with Crippen LogP contribution in [-0.2, 0) is 0 Å². The fraction of sp³-hybridized carbons (Fsp3) is 0.600. The zero-order valence-corrected chi connectivity index (χ0v) is 11.7. The first-order valence-corrected chi connectivity index (χ1v) is 6.95. The summed E-state index contributed by atoms with van der Waals surface area (Å²) in [7, 11) is 1.60. The third-order valence-electron chi connectivity index (χ3n) is 4.15. The van der Waals surface area contributed by atoms with Crippen molar-refractivity contribution >= 4 is 0 Å². The second-order valence-electron chi connectivity index (χ2n) is 5.56. The van der Waals surface area contributed by atoms with Crippen LogP contribution in [0.15, 0.2) is 18.2 Å². The molecule has 3 atom stereocenters. The SMILES string of the molecule is COc1ccc(F)cc1C(NN)C1CCCC(C)C1.